The monoisotopic (exact) mass is 413 g/mol. The number of nitrogens with zero attached hydrogens (tertiary/aromatic N) is 4. The van der Waals surface area contributed by atoms with E-state index < -0.39 is 0 Å². The molecule has 0 atom stereocenters. The summed E-state index contributed by atoms with van der Waals surface area (Å²) in [4.78, 5) is 18.0. The third kappa shape index (κ3) is 3.96. The van der Waals surface area contributed by atoms with Gasteiger partial charge in [0, 0.05) is 31.0 Å². The molecule has 1 aromatic carbocycles. The van der Waals surface area contributed by atoms with E-state index in [1.807, 2.05) is 12.3 Å². The quantitative estimate of drug-likeness (QED) is 0.713. The normalized spacial score (nSPS) is 17.1. The minimum atomic E-state index is 0. The number of fused-ring (bicyclic) bond motifs is 2. The standard InChI is InChI=1S/C22H27N5O.ClH/c28-22-21-17(4-3-5-19(21)16-7-10-23-11-8-16)14-24-27(22)13-9-18-15-26-12-2-1-6-20(26)25-18;/h3-5,14-16,23H,1-2,6-13H2;1H. The van der Waals surface area contributed by atoms with Crippen molar-refractivity contribution in [1.29, 1.82) is 0 Å². The highest BCUT2D eigenvalue weighted by Crippen LogP contribution is 2.29. The van der Waals surface area contributed by atoms with Crippen LogP contribution in [0.15, 0.2) is 35.4 Å². The molecular formula is C22H28ClN5O. The molecule has 3 aromatic rings. The molecule has 4 heterocycles. The lowest BCUT2D eigenvalue weighted by Crippen LogP contribution is -2.29. The Balaban J connectivity index is 0.00000205. The van der Waals surface area contributed by atoms with Crippen molar-refractivity contribution < 1.29 is 0 Å². The first-order chi connectivity index (χ1) is 13.8. The van der Waals surface area contributed by atoms with Gasteiger partial charge >= 0.3 is 0 Å². The van der Waals surface area contributed by atoms with Crippen LogP contribution in [-0.4, -0.2) is 32.4 Å². The second-order valence-electron chi connectivity index (χ2n) is 8.06. The van der Waals surface area contributed by atoms with Crippen LogP contribution in [0.1, 0.15) is 48.7 Å². The van der Waals surface area contributed by atoms with Gasteiger partial charge in [-0.05, 0) is 50.3 Å². The molecule has 29 heavy (non-hydrogen) atoms. The summed E-state index contributed by atoms with van der Waals surface area (Å²) >= 11 is 0. The molecule has 0 saturated carbocycles. The molecule has 1 N–H and O–H groups in total. The van der Waals surface area contributed by atoms with E-state index in [0.29, 0.717) is 12.5 Å². The summed E-state index contributed by atoms with van der Waals surface area (Å²) < 4.78 is 3.90. The van der Waals surface area contributed by atoms with E-state index in [0.717, 1.165) is 61.8 Å². The zero-order valence-electron chi connectivity index (χ0n) is 16.6. The van der Waals surface area contributed by atoms with Crippen molar-refractivity contribution >= 4 is 23.2 Å². The van der Waals surface area contributed by atoms with Crippen LogP contribution in [0.4, 0.5) is 0 Å². The fraction of sp³-hybridized carbons (Fsp3) is 0.500. The Bertz CT molecular complexity index is 1030. The fourth-order valence-electron chi connectivity index (χ4n) is 4.70. The fourth-order valence-corrected chi connectivity index (χ4v) is 4.70. The molecular weight excluding hydrogens is 386 g/mol. The summed E-state index contributed by atoms with van der Waals surface area (Å²) in [5, 5.41) is 9.67. The first kappa shape index (κ1) is 20.1. The first-order valence-corrected chi connectivity index (χ1v) is 10.5. The van der Waals surface area contributed by atoms with Crippen molar-refractivity contribution in [3.63, 3.8) is 0 Å². The van der Waals surface area contributed by atoms with E-state index in [2.05, 4.69) is 33.3 Å². The van der Waals surface area contributed by atoms with E-state index in [9.17, 15) is 4.79 Å². The number of piperidine rings is 1. The number of hydrogen-bond donors (Lipinski definition) is 1. The molecule has 1 fully saturated rings. The van der Waals surface area contributed by atoms with Crippen LogP contribution in [0.2, 0.25) is 0 Å². The summed E-state index contributed by atoms with van der Waals surface area (Å²) in [6.07, 6.45) is 10.4. The van der Waals surface area contributed by atoms with Crippen molar-refractivity contribution in [3.8, 4) is 0 Å². The van der Waals surface area contributed by atoms with Gasteiger partial charge in [-0.15, -0.1) is 12.4 Å². The second-order valence-corrected chi connectivity index (χ2v) is 8.06. The van der Waals surface area contributed by atoms with Crippen molar-refractivity contribution in [2.24, 2.45) is 0 Å². The smallest absolute Gasteiger partial charge is 0.274 e. The van der Waals surface area contributed by atoms with Crippen LogP contribution in [0.5, 0.6) is 0 Å². The molecule has 2 aromatic heterocycles. The van der Waals surface area contributed by atoms with Gasteiger partial charge in [0.15, 0.2) is 0 Å². The molecule has 1 saturated heterocycles. The van der Waals surface area contributed by atoms with Gasteiger partial charge in [-0.3, -0.25) is 4.79 Å². The van der Waals surface area contributed by atoms with Crippen LogP contribution in [0.3, 0.4) is 0 Å². The summed E-state index contributed by atoms with van der Waals surface area (Å²) in [7, 11) is 0. The van der Waals surface area contributed by atoms with Gasteiger partial charge in [-0.25, -0.2) is 9.67 Å². The lowest BCUT2D eigenvalue weighted by molar-refractivity contribution is 0.462. The Kier molecular flexibility index (Phi) is 6.01. The molecule has 0 spiro atoms. The Labute approximate surface area is 176 Å². The van der Waals surface area contributed by atoms with Crippen molar-refractivity contribution in [3.05, 3.63) is 58.0 Å². The third-order valence-electron chi connectivity index (χ3n) is 6.23. The molecule has 0 radical (unpaired) electrons. The largest absolute Gasteiger partial charge is 0.335 e. The molecule has 0 aliphatic carbocycles. The van der Waals surface area contributed by atoms with E-state index in [1.54, 1.807) is 4.68 Å². The molecule has 6 nitrogen and oxygen atoms in total. The number of aryl methyl sites for hydroxylation is 4. The van der Waals surface area contributed by atoms with E-state index in [1.165, 1.54) is 24.2 Å². The molecule has 2 aliphatic rings. The number of nitrogens with one attached hydrogen (secondary N) is 1. The SMILES string of the molecule is Cl.O=c1c2c(C3CCNCC3)cccc2cnn1CCc1cn2c(n1)CCCC2. The highest BCUT2D eigenvalue weighted by atomic mass is 35.5. The van der Waals surface area contributed by atoms with E-state index >= 15 is 0 Å². The minimum absolute atomic E-state index is 0. The second kappa shape index (κ2) is 8.67. The van der Waals surface area contributed by atoms with Gasteiger partial charge in [-0.2, -0.15) is 5.10 Å². The Morgan fingerprint density at radius 3 is 2.86 bits per heavy atom. The number of rotatable bonds is 4. The van der Waals surface area contributed by atoms with Crippen LogP contribution in [0.25, 0.3) is 10.8 Å². The van der Waals surface area contributed by atoms with Gasteiger partial charge in [0.25, 0.3) is 5.56 Å². The minimum Gasteiger partial charge on any atom is -0.335 e. The molecule has 2 aliphatic heterocycles. The lowest BCUT2D eigenvalue weighted by atomic mass is 9.87. The van der Waals surface area contributed by atoms with Crippen LogP contribution in [-0.2, 0) is 25.9 Å². The maximum absolute atomic E-state index is 13.3. The summed E-state index contributed by atoms with van der Waals surface area (Å²) in [5.41, 5.74) is 2.30. The van der Waals surface area contributed by atoms with E-state index in [-0.39, 0.29) is 18.0 Å². The van der Waals surface area contributed by atoms with Crippen LogP contribution < -0.4 is 10.9 Å². The van der Waals surface area contributed by atoms with Gasteiger partial charge in [0.1, 0.15) is 5.82 Å². The van der Waals surface area contributed by atoms with Crippen molar-refractivity contribution in [2.75, 3.05) is 13.1 Å². The Morgan fingerprint density at radius 2 is 2.03 bits per heavy atom. The topological polar surface area (TPSA) is 64.7 Å². The molecule has 0 bridgehead atoms. The lowest BCUT2D eigenvalue weighted by Gasteiger charge is -2.24. The third-order valence-corrected chi connectivity index (χ3v) is 6.23. The molecule has 5 rings (SSSR count). The zero-order valence-corrected chi connectivity index (χ0v) is 17.5. The predicted molar refractivity (Wildman–Crippen MR) is 117 cm³/mol. The van der Waals surface area contributed by atoms with Crippen LogP contribution in [0, 0.1) is 0 Å². The predicted octanol–water partition coefficient (Wildman–Crippen LogP) is 3.06. The number of hydrogen-bond acceptors (Lipinski definition) is 4. The molecule has 0 unspecified atom stereocenters. The maximum atomic E-state index is 13.3. The molecule has 0 amide bonds. The zero-order chi connectivity index (χ0) is 18.9. The van der Waals surface area contributed by atoms with Gasteiger partial charge in [0.05, 0.1) is 23.8 Å². The summed E-state index contributed by atoms with van der Waals surface area (Å²) in [6.45, 7) is 3.68. The first-order valence-electron chi connectivity index (χ1n) is 10.5. The van der Waals surface area contributed by atoms with Gasteiger partial charge in [0.2, 0.25) is 0 Å². The number of aromatic nitrogens is 4. The Hall–Kier alpha value is -2.18. The highest BCUT2D eigenvalue weighted by Gasteiger charge is 2.20. The average Bonchev–Trinajstić information content (AvgIpc) is 3.16. The Morgan fingerprint density at radius 1 is 1.17 bits per heavy atom. The van der Waals surface area contributed by atoms with Crippen molar-refractivity contribution in [1.82, 2.24) is 24.6 Å². The summed E-state index contributed by atoms with van der Waals surface area (Å²) in [6, 6.07) is 6.19. The van der Waals surface area contributed by atoms with E-state index in [4.69, 9.17) is 4.98 Å². The van der Waals surface area contributed by atoms with Gasteiger partial charge in [-0.1, -0.05) is 18.2 Å². The number of imidazole rings is 1. The van der Waals surface area contributed by atoms with Gasteiger partial charge < -0.3 is 9.88 Å². The maximum Gasteiger partial charge on any atom is 0.274 e. The highest BCUT2D eigenvalue weighted by molar-refractivity contribution is 5.85. The van der Waals surface area contributed by atoms with Crippen molar-refractivity contribution in [2.45, 2.75) is 57.5 Å². The summed E-state index contributed by atoms with van der Waals surface area (Å²) in [5.74, 6) is 1.64. The number of halogens is 1. The van der Waals surface area contributed by atoms with Crippen LogP contribution >= 0.6 is 12.4 Å². The molecule has 7 heteroatoms. The number of benzene rings is 1. The average molecular weight is 414 g/mol. The molecule has 154 valence electrons.